The Kier molecular flexibility index (Phi) is 4.60. The minimum atomic E-state index is -0.667. The molecule has 2 heterocycles. The van der Waals surface area contributed by atoms with Crippen LogP contribution < -0.4 is 0 Å². The molecule has 2 unspecified atom stereocenters. The molecule has 1 N–H and O–H groups in total. The predicted octanol–water partition coefficient (Wildman–Crippen LogP) is 3.94. The Hall–Kier alpha value is -1.65. The molecule has 2 atom stereocenters. The Balaban J connectivity index is 1.95. The van der Waals surface area contributed by atoms with Gasteiger partial charge in [-0.2, -0.15) is 0 Å². The first-order valence-corrected chi connectivity index (χ1v) is 8.60. The Bertz CT molecular complexity index is 638. The van der Waals surface area contributed by atoms with E-state index in [1.165, 1.54) is 16.0 Å². The van der Waals surface area contributed by atoms with Crippen molar-refractivity contribution >= 4 is 17.3 Å². The van der Waals surface area contributed by atoms with Gasteiger partial charge in [0, 0.05) is 11.4 Å². The van der Waals surface area contributed by atoms with Gasteiger partial charge in [-0.15, -0.1) is 11.3 Å². The molecule has 0 saturated carbocycles. The summed E-state index contributed by atoms with van der Waals surface area (Å²) < 4.78 is 0. The quantitative estimate of drug-likeness (QED) is 0.929. The van der Waals surface area contributed by atoms with E-state index in [9.17, 15) is 9.90 Å². The molecule has 4 heteroatoms. The van der Waals surface area contributed by atoms with E-state index in [1.807, 2.05) is 6.07 Å². The smallest absolute Gasteiger partial charge is 0.307 e. The zero-order valence-electron chi connectivity index (χ0n) is 12.7. The Morgan fingerprint density at radius 2 is 2.09 bits per heavy atom. The van der Waals surface area contributed by atoms with Crippen molar-refractivity contribution < 1.29 is 9.90 Å². The number of aliphatic carboxylic acids is 1. The summed E-state index contributed by atoms with van der Waals surface area (Å²) in [4.78, 5) is 15.1. The molecule has 2 aromatic rings. The second-order valence-corrected chi connectivity index (χ2v) is 6.90. The molecule has 0 aliphatic carbocycles. The van der Waals surface area contributed by atoms with Gasteiger partial charge >= 0.3 is 5.97 Å². The first-order valence-electron chi connectivity index (χ1n) is 7.72. The first kappa shape index (κ1) is 15.3. The second kappa shape index (κ2) is 6.63. The maximum absolute atomic E-state index is 11.4. The SMILES string of the molecule is Cc1ccsc1C(c1ccccc1)N1CCCC(C(=O)O)C1. The van der Waals surface area contributed by atoms with Crippen molar-refractivity contribution in [3.8, 4) is 0 Å². The molecule has 0 amide bonds. The fourth-order valence-corrected chi connectivity index (χ4v) is 4.36. The lowest BCUT2D eigenvalue weighted by atomic mass is 9.93. The Labute approximate surface area is 135 Å². The van der Waals surface area contributed by atoms with Gasteiger partial charge in [-0.1, -0.05) is 30.3 Å². The van der Waals surface area contributed by atoms with Gasteiger partial charge in [-0.25, -0.2) is 0 Å². The molecule has 1 fully saturated rings. The normalized spacial score (nSPS) is 20.7. The molecular formula is C18H21NO2S. The highest BCUT2D eigenvalue weighted by atomic mass is 32.1. The first-order chi connectivity index (χ1) is 10.7. The van der Waals surface area contributed by atoms with Crippen LogP contribution >= 0.6 is 11.3 Å². The van der Waals surface area contributed by atoms with E-state index in [1.54, 1.807) is 11.3 Å². The van der Waals surface area contributed by atoms with Crippen molar-refractivity contribution in [2.45, 2.75) is 25.8 Å². The van der Waals surface area contributed by atoms with E-state index < -0.39 is 5.97 Å². The molecule has 1 aromatic carbocycles. The van der Waals surface area contributed by atoms with Crippen molar-refractivity contribution in [3.05, 3.63) is 57.8 Å². The number of rotatable bonds is 4. The van der Waals surface area contributed by atoms with E-state index >= 15 is 0 Å². The van der Waals surface area contributed by atoms with Crippen molar-refractivity contribution in [3.63, 3.8) is 0 Å². The molecule has 1 aliphatic heterocycles. The number of likely N-dealkylation sites (tertiary alicyclic amines) is 1. The summed E-state index contributed by atoms with van der Waals surface area (Å²) in [5.41, 5.74) is 2.54. The summed E-state index contributed by atoms with van der Waals surface area (Å²) in [6, 6.07) is 12.8. The van der Waals surface area contributed by atoms with E-state index in [4.69, 9.17) is 0 Å². The molecule has 1 saturated heterocycles. The summed E-state index contributed by atoms with van der Waals surface area (Å²) in [5.74, 6) is -0.917. The monoisotopic (exact) mass is 315 g/mol. The van der Waals surface area contributed by atoms with Gasteiger partial charge in [-0.3, -0.25) is 9.69 Å². The van der Waals surface area contributed by atoms with Gasteiger partial charge < -0.3 is 5.11 Å². The maximum Gasteiger partial charge on any atom is 0.307 e. The maximum atomic E-state index is 11.4. The van der Waals surface area contributed by atoms with Crippen LogP contribution in [0.4, 0.5) is 0 Å². The van der Waals surface area contributed by atoms with Crippen LogP contribution in [0.25, 0.3) is 0 Å². The minimum absolute atomic E-state index is 0.170. The Morgan fingerprint density at radius 1 is 1.32 bits per heavy atom. The van der Waals surface area contributed by atoms with Crippen molar-refractivity contribution in [2.75, 3.05) is 13.1 Å². The molecule has 1 aromatic heterocycles. The second-order valence-electron chi connectivity index (χ2n) is 5.95. The van der Waals surface area contributed by atoms with Crippen LogP contribution in [0.15, 0.2) is 41.8 Å². The summed E-state index contributed by atoms with van der Waals surface area (Å²) in [6.45, 7) is 3.73. The minimum Gasteiger partial charge on any atom is -0.481 e. The fourth-order valence-electron chi connectivity index (χ4n) is 3.27. The number of carboxylic acid groups (broad SMARTS) is 1. The standard InChI is InChI=1S/C18H21NO2S/c1-13-9-11-22-17(13)16(14-6-3-2-4-7-14)19-10-5-8-15(12-19)18(20)21/h2-4,6-7,9,11,15-16H,5,8,10,12H2,1H3,(H,20,21). The number of thiophene rings is 1. The number of hydrogen-bond acceptors (Lipinski definition) is 3. The summed E-state index contributed by atoms with van der Waals surface area (Å²) in [6.07, 6.45) is 1.74. The molecule has 0 radical (unpaired) electrons. The number of carboxylic acids is 1. The largest absolute Gasteiger partial charge is 0.481 e. The van der Waals surface area contributed by atoms with E-state index in [0.717, 1.165) is 19.4 Å². The number of piperidine rings is 1. The number of carbonyl (C=O) groups is 1. The molecule has 0 spiro atoms. The highest BCUT2D eigenvalue weighted by molar-refractivity contribution is 7.10. The average molecular weight is 315 g/mol. The molecule has 1 aliphatic rings. The molecule has 116 valence electrons. The zero-order chi connectivity index (χ0) is 15.5. The van der Waals surface area contributed by atoms with E-state index in [2.05, 4.69) is 47.5 Å². The number of aryl methyl sites for hydroxylation is 1. The predicted molar refractivity (Wildman–Crippen MR) is 89.3 cm³/mol. The molecule has 3 nitrogen and oxygen atoms in total. The van der Waals surface area contributed by atoms with Crippen LogP contribution in [0.2, 0.25) is 0 Å². The fraction of sp³-hybridized carbons (Fsp3) is 0.389. The van der Waals surface area contributed by atoms with E-state index in [-0.39, 0.29) is 12.0 Å². The Morgan fingerprint density at radius 3 is 2.73 bits per heavy atom. The van der Waals surface area contributed by atoms with Crippen molar-refractivity contribution in [1.29, 1.82) is 0 Å². The van der Waals surface area contributed by atoms with Gasteiger partial charge in [0.1, 0.15) is 0 Å². The molecule has 0 bridgehead atoms. The molecule has 3 rings (SSSR count). The van der Waals surface area contributed by atoms with Crippen LogP contribution in [0, 0.1) is 12.8 Å². The molecular weight excluding hydrogens is 294 g/mol. The van der Waals surface area contributed by atoms with Crippen LogP contribution in [-0.2, 0) is 4.79 Å². The van der Waals surface area contributed by atoms with Gasteiger partial charge in [0.05, 0.1) is 12.0 Å². The third kappa shape index (κ3) is 3.08. The summed E-state index contributed by atoms with van der Waals surface area (Å²) in [7, 11) is 0. The summed E-state index contributed by atoms with van der Waals surface area (Å²) in [5, 5.41) is 11.5. The third-order valence-electron chi connectivity index (χ3n) is 4.43. The third-order valence-corrected chi connectivity index (χ3v) is 5.50. The zero-order valence-corrected chi connectivity index (χ0v) is 13.6. The average Bonchev–Trinajstić information content (AvgIpc) is 2.95. The van der Waals surface area contributed by atoms with Crippen molar-refractivity contribution in [1.82, 2.24) is 4.90 Å². The van der Waals surface area contributed by atoms with Gasteiger partial charge in [0.2, 0.25) is 0 Å². The van der Waals surface area contributed by atoms with E-state index in [0.29, 0.717) is 6.54 Å². The summed E-state index contributed by atoms with van der Waals surface area (Å²) >= 11 is 1.77. The van der Waals surface area contributed by atoms with Crippen LogP contribution in [0.1, 0.15) is 34.9 Å². The van der Waals surface area contributed by atoms with Crippen LogP contribution in [0.3, 0.4) is 0 Å². The lowest BCUT2D eigenvalue weighted by molar-refractivity contribution is -0.143. The van der Waals surface area contributed by atoms with Crippen LogP contribution in [-0.4, -0.2) is 29.1 Å². The van der Waals surface area contributed by atoms with Crippen LogP contribution in [0.5, 0.6) is 0 Å². The topological polar surface area (TPSA) is 40.5 Å². The van der Waals surface area contributed by atoms with Crippen molar-refractivity contribution in [2.24, 2.45) is 5.92 Å². The van der Waals surface area contributed by atoms with Gasteiger partial charge in [-0.05, 0) is 48.9 Å². The lowest BCUT2D eigenvalue weighted by Gasteiger charge is -2.37. The van der Waals surface area contributed by atoms with Gasteiger partial charge in [0.25, 0.3) is 0 Å². The van der Waals surface area contributed by atoms with Gasteiger partial charge in [0.15, 0.2) is 0 Å². The highest BCUT2D eigenvalue weighted by Gasteiger charge is 2.32. The molecule has 22 heavy (non-hydrogen) atoms. The number of nitrogens with zero attached hydrogens (tertiary/aromatic N) is 1. The lowest BCUT2D eigenvalue weighted by Crippen LogP contribution is -2.41. The number of hydrogen-bond donors (Lipinski definition) is 1. The number of benzene rings is 1. The highest BCUT2D eigenvalue weighted by Crippen LogP contribution is 2.36.